The molecule has 0 unspecified atom stereocenters. The molecule has 4 nitrogen and oxygen atoms in total. The van der Waals surface area contributed by atoms with Gasteiger partial charge in [0.1, 0.15) is 11.3 Å². The molecule has 0 atom stereocenters. The predicted molar refractivity (Wildman–Crippen MR) is 85.7 cm³/mol. The monoisotopic (exact) mass is 280 g/mol. The van der Waals surface area contributed by atoms with Crippen LogP contribution in [0.25, 0.3) is 16.7 Å². The number of para-hydroxylation sites is 1. The van der Waals surface area contributed by atoms with Crippen molar-refractivity contribution < 1.29 is 0 Å². The molecule has 2 heterocycles. The summed E-state index contributed by atoms with van der Waals surface area (Å²) in [5, 5.41) is 1.13. The quantitative estimate of drug-likeness (QED) is 0.675. The van der Waals surface area contributed by atoms with E-state index in [0.29, 0.717) is 0 Å². The van der Waals surface area contributed by atoms with Crippen LogP contribution < -0.4 is 5.49 Å². The Bertz CT molecular complexity index is 883. The Hall–Kier alpha value is -2.36. The molecule has 0 spiro atoms. The highest BCUT2D eigenvalue weighted by Crippen LogP contribution is 2.25. The maximum atomic E-state index is 4.81. The largest absolute Gasteiger partial charge is 0.318 e. The van der Waals surface area contributed by atoms with Crippen LogP contribution in [-0.4, -0.2) is 21.2 Å². The van der Waals surface area contributed by atoms with E-state index in [1.165, 1.54) is 11.3 Å². The summed E-state index contributed by atoms with van der Waals surface area (Å²) >= 11 is 0. The average molecular weight is 280 g/mol. The molecule has 0 aliphatic rings. The minimum Gasteiger partial charge on any atom is -0.318 e. The molecule has 0 saturated carbocycles. The number of hydrogen-bond acceptors (Lipinski definition) is 2. The third-order valence-corrected chi connectivity index (χ3v) is 4.21. The van der Waals surface area contributed by atoms with E-state index in [1.54, 1.807) is 0 Å². The van der Waals surface area contributed by atoms with E-state index in [2.05, 4.69) is 47.7 Å². The van der Waals surface area contributed by atoms with Crippen LogP contribution in [0.4, 0.5) is 0 Å². The van der Waals surface area contributed by atoms with Crippen molar-refractivity contribution in [1.82, 2.24) is 14.1 Å². The molecule has 0 N–H and O–H groups in total. The first-order valence-electron chi connectivity index (χ1n) is 7.09. The molecule has 1 aromatic carbocycles. The van der Waals surface area contributed by atoms with Crippen LogP contribution in [0.15, 0.2) is 35.3 Å². The van der Waals surface area contributed by atoms with E-state index in [0.717, 1.165) is 28.0 Å². The van der Waals surface area contributed by atoms with Gasteiger partial charge in [-0.15, -0.1) is 0 Å². The van der Waals surface area contributed by atoms with Crippen molar-refractivity contribution in [2.75, 3.05) is 7.05 Å². The van der Waals surface area contributed by atoms with Crippen LogP contribution in [0.5, 0.6) is 0 Å². The van der Waals surface area contributed by atoms with Gasteiger partial charge in [-0.1, -0.05) is 18.2 Å². The summed E-state index contributed by atoms with van der Waals surface area (Å²) in [6.07, 6.45) is 0. The van der Waals surface area contributed by atoms with Crippen LogP contribution in [-0.2, 0) is 7.05 Å². The number of aromatic nitrogens is 3. The second-order valence-corrected chi connectivity index (χ2v) is 5.35. The van der Waals surface area contributed by atoms with Crippen molar-refractivity contribution >= 4 is 11.0 Å². The SMILES string of the molecule is C/N=c1\c2c(C)c(C)n(-c3ccccc3)c2nc(C)n1C. The molecule has 4 heteroatoms. The van der Waals surface area contributed by atoms with E-state index in [1.807, 2.05) is 31.7 Å². The molecule has 21 heavy (non-hydrogen) atoms. The molecular formula is C17H20N4. The summed E-state index contributed by atoms with van der Waals surface area (Å²) in [6, 6.07) is 10.4. The minimum absolute atomic E-state index is 0.956. The zero-order valence-corrected chi connectivity index (χ0v) is 13.2. The van der Waals surface area contributed by atoms with Crippen LogP contribution in [0.3, 0.4) is 0 Å². The first-order valence-corrected chi connectivity index (χ1v) is 7.09. The first-order chi connectivity index (χ1) is 10.1. The maximum absolute atomic E-state index is 4.81. The van der Waals surface area contributed by atoms with Crippen molar-refractivity contribution in [2.45, 2.75) is 20.8 Å². The summed E-state index contributed by atoms with van der Waals surface area (Å²) in [5.41, 5.74) is 5.54. The summed E-state index contributed by atoms with van der Waals surface area (Å²) < 4.78 is 4.26. The van der Waals surface area contributed by atoms with Gasteiger partial charge in [-0.2, -0.15) is 0 Å². The third-order valence-electron chi connectivity index (χ3n) is 4.21. The highest BCUT2D eigenvalue weighted by atomic mass is 15.1. The summed E-state index contributed by atoms with van der Waals surface area (Å²) in [5.74, 6) is 0.956. The predicted octanol–water partition coefficient (Wildman–Crippen LogP) is 2.82. The van der Waals surface area contributed by atoms with Gasteiger partial charge >= 0.3 is 0 Å². The number of rotatable bonds is 1. The van der Waals surface area contributed by atoms with Crippen molar-refractivity contribution in [3.05, 3.63) is 52.9 Å². The molecule has 0 amide bonds. The number of hydrogen-bond donors (Lipinski definition) is 0. The van der Waals surface area contributed by atoms with Gasteiger partial charge in [0.15, 0.2) is 5.65 Å². The molecular weight excluding hydrogens is 260 g/mol. The normalized spacial score (nSPS) is 12.3. The van der Waals surface area contributed by atoms with E-state index in [9.17, 15) is 0 Å². The number of fused-ring (bicyclic) bond motifs is 1. The van der Waals surface area contributed by atoms with Crippen LogP contribution in [0.1, 0.15) is 17.1 Å². The molecule has 0 aliphatic carbocycles. The van der Waals surface area contributed by atoms with Gasteiger partial charge in [0, 0.05) is 25.5 Å². The van der Waals surface area contributed by atoms with E-state index in [-0.39, 0.29) is 0 Å². The van der Waals surface area contributed by atoms with Gasteiger partial charge in [-0.25, -0.2) is 4.98 Å². The highest BCUT2D eigenvalue weighted by Gasteiger charge is 2.17. The Morgan fingerprint density at radius 1 is 1.05 bits per heavy atom. The molecule has 108 valence electrons. The van der Waals surface area contributed by atoms with Crippen molar-refractivity contribution in [3.8, 4) is 5.69 Å². The fraction of sp³-hybridized carbons (Fsp3) is 0.294. The fourth-order valence-corrected chi connectivity index (χ4v) is 2.86. The van der Waals surface area contributed by atoms with Crippen molar-refractivity contribution in [1.29, 1.82) is 0 Å². The highest BCUT2D eigenvalue weighted by molar-refractivity contribution is 5.83. The van der Waals surface area contributed by atoms with Gasteiger partial charge in [0.2, 0.25) is 0 Å². The topological polar surface area (TPSA) is 35.1 Å². The molecule has 2 aromatic heterocycles. The molecule has 0 aliphatic heterocycles. The lowest BCUT2D eigenvalue weighted by atomic mass is 10.2. The number of benzene rings is 1. The molecule has 0 saturated heterocycles. The smallest absolute Gasteiger partial charge is 0.150 e. The first kappa shape index (κ1) is 13.6. The van der Waals surface area contributed by atoms with Gasteiger partial charge in [-0.05, 0) is 38.5 Å². The van der Waals surface area contributed by atoms with Gasteiger partial charge in [-0.3, -0.25) is 9.56 Å². The van der Waals surface area contributed by atoms with Gasteiger partial charge < -0.3 is 4.57 Å². The zero-order valence-electron chi connectivity index (χ0n) is 13.2. The van der Waals surface area contributed by atoms with E-state index in [4.69, 9.17) is 4.98 Å². The molecule has 3 aromatic rings. The standard InChI is InChI=1S/C17H20N4/c1-11-12(2)21(14-9-7-6-8-10-14)17-15(11)16(18-4)20(5)13(3)19-17/h6-10H,1-5H3/b18-16+. The summed E-state index contributed by atoms with van der Waals surface area (Å²) in [4.78, 5) is 9.29. The summed E-state index contributed by atoms with van der Waals surface area (Å²) in [7, 11) is 3.85. The van der Waals surface area contributed by atoms with E-state index < -0.39 is 0 Å². The van der Waals surface area contributed by atoms with Gasteiger partial charge in [0.25, 0.3) is 0 Å². The lowest BCUT2D eigenvalue weighted by Crippen LogP contribution is -2.22. The fourth-order valence-electron chi connectivity index (χ4n) is 2.86. The van der Waals surface area contributed by atoms with Crippen molar-refractivity contribution in [3.63, 3.8) is 0 Å². The Labute approximate surface area is 124 Å². The molecule has 0 bridgehead atoms. The maximum Gasteiger partial charge on any atom is 0.150 e. The number of aryl methyl sites for hydroxylation is 2. The molecule has 0 fully saturated rings. The van der Waals surface area contributed by atoms with Crippen LogP contribution in [0.2, 0.25) is 0 Å². The van der Waals surface area contributed by atoms with Gasteiger partial charge in [0.05, 0.1) is 5.39 Å². The van der Waals surface area contributed by atoms with Crippen LogP contribution in [0, 0.1) is 20.8 Å². The summed E-state index contributed by atoms with van der Waals surface area (Å²) in [6.45, 7) is 6.29. The van der Waals surface area contributed by atoms with E-state index >= 15 is 0 Å². The Morgan fingerprint density at radius 2 is 1.71 bits per heavy atom. The zero-order chi connectivity index (χ0) is 15.1. The lowest BCUT2D eigenvalue weighted by Gasteiger charge is -2.09. The Morgan fingerprint density at radius 3 is 2.33 bits per heavy atom. The Balaban J connectivity index is 2.55. The third kappa shape index (κ3) is 1.90. The number of nitrogens with zero attached hydrogens (tertiary/aromatic N) is 4. The van der Waals surface area contributed by atoms with Crippen molar-refractivity contribution in [2.24, 2.45) is 12.0 Å². The molecule has 3 rings (SSSR count). The minimum atomic E-state index is 0.956. The lowest BCUT2D eigenvalue weighted by molar-refractivity contribution is 0.767. The average Bonchev–Trinajstić information content (AvgIpc) is 2.73. The molecule has 0 radical (unpaired) electrons. The second kappa shape index (κ2) is 4.88. The Kier molecular flexibility index (Phi) is 3.16. The van der Waals surface area contributed by atoms with Crippen LogP contribution >= 0.6 is 0 Å². The second-order valence-electron chi connectivity index (χ2n) is 5.35.